The van der Waals surface area contributed by atoms with Crippen LogP contribution in [0.3, 0.4) is 0 Å². The molecule has 0 saturated carbocycles. The van der Waals surface area contributed by atoms with Crippen LogP contribution in [0, 0.1) is 0 Å². The van der Waals surface area contributed by atoms with Crippen LogP contribution in [-0.4, -0.2) is 43.3 Å². The van der Waals surface area contributed by atoms with Crippen LogP contribution in [-0.2, 0) is 32.7 Å². The number of phosphoric ester groups is 1. The molecule has 0 aromatic carbocycles. The van der Waals surface area contributed by atoms with Crippen molar-refractivity contribution in [2.75, 3.05) is 20.3 Å². The highest BCUT2D eigenvalue weighted by atomic mass is 31.2. The number of allylic oxidation sites excluding steroid dienone is 2. The molecule has 1 N–H and O–H groups in total. The summed E-state index contributed by atoms with van der Waals surface area (Å²) in [5.74, 6) is -0.798. The van der Waals surface area contributed by atoms with E-state index in [2.05, 4.69) is 30.5 Å². The zero-order valence-electron chi connectivity index (χ0n) is 32.8. The number of ether oxygens (including phenoxy) is 2. The first-order valence-corrected chi connectivity index (χ1v) is 22.4. The highest BCUT2D eigenvalue weighted by Crippen LogP contribution is 2.42. The summed E-state index contributed by atoms with van der Waals surface area (Å²) < 4.78 is 32.0. The van der Waals surface area contributed by atoms with E-state index in [9.17, 15) is 19.0 Å². The largest absolute Gasteiger partial charge is 0.472 e. The fraction of sp³-hybridized carbons (Fsp3) is 0.902. The lowest BCUT2D eigenvalue weighted by Gasteiger charge is -2.19. The van der Waals surface area contributed by atoms with E-state index in [-0.39, 0.29) is 19.0 Å². The van der Waals surface area contributed by atoms with Gasteiger partial charge in [0.25, 0.3) is 0 Å². The third kappa shape index (κ3) is 36.6. The molecule has 0 spiro atoms. The number of phosphoric acid groups is 1. The Balaban J connectivity index is 3.99. The van der Waals surface area contributed by atoms with Crippen molar-refractivity contribution in [3.05, 3.63) is 12.2 Å². The highest BCUT2D eigenvalue weighted by molar-refractivity contribution is 7.47. The Kier molecular flexibility index (Phi) is 36.6. The Morgan fingerprint density at radius 3 is 1.30 bits per heavy atom. The summed E-state index contributed by atoms with van der Waals surface area (Å²) in [6, 6.07) is 0. The average Bonchev–Trinajstić information content (AvgIpc) is 3.10. The van der Waals surface area contributed by atoms with Gasteiger partial charge in [-0.15, -0.1) is 0 Å². The van der Waals surface area contributed by atoms with Gasteiger partial charge in [-0.1, -0.05) is 174 Å². The first kappa shape index (κ1) is 48.8. The standard InChI is InChI=1S/C41H79O8P/c1-4-6-8-10-12-14-16-18-20-21-22-24-26-28-30-32-34-36-41(43)49-39(38-48-50(44,45)46-3)37-47-40(42)35-33-31-29-27-25-23-19-17-15-13-11-9-7-5-2/h18,20,39H,4-17,19,21-38H2,1-3H3,(H,44,45)/b20-18-. The molecule has 0 aromatic heterocycles. The number of hydrogen-bond acceptors (Lipinski definition) is 7. The third-order valence-corrected chi connectivity index (χ3v) is 10.2. The Bertz CT molecular complexity index is 833. The first-order chi connectivity index (χ1) is 24.3. The molecule has 0 radical (unpaired) electrons. The second kappa shape index (κ2) is 37.5. The first-order valence-electron chi connectivity index (χ1n) is 20.9. The van der Waals surface area contributed by atoms with E-state index in [1.807, 2.05) is 0 Å². The predicted octanol–water partition coefficient (Wildman–Crippen LogP) is 12.9. The maximum atomic E-state index is 12.5. The van der Waals surface area contributed by atoms with Crippen molar-refractivity contribution in [1.82, 2.24) is 0 Å². The number of esters is 2. The fourth-order valence-electron chi connectivity index (χ4n) is 6.01. The van der Waals surface area contributed by atoms with Crippen LogP contribution in [0.4, 0.5) is 0 Å². The highest BCUT2D eigenvalue weighted by Gasteiger charge is 2.24. The summed E-state index contributed by atoms with van der Waals surface area (Å²) in [5, 5.41) is 0. The molecule has 0 fully saturated rings. The SMILES string of the molecule is CCCCCCCC/C=C\CCCCCCCCCC(=O)OC(COC(=O)CCCCCCCCCCCCCCCC)COP(=O)(O)OC. The van der Waals surface area contributed by atoms with Crippen molar-refractivity contribution in [2.24, 2.45) is 0 Å². The van der Waals surface area contributed by atoms with Crippen LogP contribution in [0.15, 0.2) is 12.2 Å². The molecule has 50 heavy (non-hydrogen) atoms. The van der Waals surface area contributed by atoms with Crippen LogP contribution >= 0.6 is 7.82 Å². The zero-order chi connectivity index (χ0) is 36.8. The molecule has 2 unspecified atom stereocenters. The molecular formula is C41H79O8P. The number of rotatable bonds is 39. The predicted molar refractivity (Wildman–Crippen MR) is 207 cm³/mol. The van der Waals surface area contributed by atoms with Crippen LogP contribution in [0.5, 0.6) is 0 Å². The van der Waals surface area contributed by atoms with Crippen LogP contribution in [0.25, 0.3) is 0 Å². The molecule has 0 aliphatic heterocycles. The van der Waals surface area contributed by atoms with Crippen molar-refractivity contribution in [1.29, 1.82) is 0 Å². The summed E-state index contributed by atoms with van der Waals surface area (Å²) in [6.45, 7) is 3.90. The van der Waals surface area contributed by atoms with Crippen LogP contribution < -0.4 is 0 Å². The summed E-state index contributed by atoms with van der Waals surface area (Å²) in [4.78, 5) is 34.4. The minimum Gasteiger partial charge on any atom is -0.462 e. The van der Waals surface area contributed by atoms with Gasteiger partial charge in [0.15, 0.2) is 6.10 Å². The lowest BCUT2D eigenvalue weighted by atomic mass is 10.0. The Morgan fingerprint density at radius 1 is 0.540 bits per heavy atom. The molecule has 0 bridgehead atoms. The van der Waals surface area contributed by atoms with Gasteiger partial charge in [0.2, 0.25) is 0 Å². The van der Waals surface area contributed by atoms with Gasteiger partial charge in [-0.2, -0.15) is 0 Å². The van der Waals surface area contributed by atoms with Crippen molar-refractivity contribution >= 4 is 19.8 Å². The van der Waals surface area contributed by atoms with Crippen molar-refractivity contribution in [3.8, 4) is 0 Å². The molecule has 0 aromatic rings. The van der Waals surface area contributed by atoms with E-state index in [0.717, 1.165) is 52.1 Å². The van der Waals surface area contributed by atoms with Crippen molar-refractivity contribution < 1.29 is 37.6 Å². The van der Waals surface area contributed by atoms with Gasteiger partial charge in [-0.25, -0.2) is 4.57 Å². The van der Waals surface area contributed by atoms with Gasteiger partial charge < -0.3 is 14.4 Å². The molecule has 0 heterocycles. The zero-order valence-corrected chi connectivity index (χ0v) is 33.7. The lowest BCUT2D eigenvalue weighted by Crippen LogP contribution is -2.29. The summed E-state index contributed by atoms with van der Waals surface area (Å²) in [6.07, 6.45) is 39.7. The van der Waals surface area contributed by atoms with Gasteiger partial charge >= 0.3 is 19.8 Å². The molecule has 2 atom stereocenters. The topological polar surface area (TPSA) is 108 Å². The number of hydrogen-bond donors (Lipinski definition) is 1. The van der Waals surface area contributed by atoms with Crippen LogP contribution in [0.2, 0.25) is 0 Å². The van der Waals surface area contributed by atoms with E-state index in [1.54, 1.807) is 0 Å². The van der Waals surface area contributed by atoms with E-state index < -0.39 is 26.5 Å². The molecular weight excluding hydrogens is 651 g/mol. The van der Waals surface area contributed by atoms with Crippen molar-refractivity contribution in [2.45, 2.75) is 219 Å². The molecule has 9 heteroatoms. The Labute approximate surface area is 308 Å². The van der Waals surface area contributed by atoms with E-state index in [0.29, 0.717) is 12.8 Å². The van der Waals surface area contributed by atoms with Gasteiger partial charge in [-0.05, 0) is 38.5 Å². The smallest absolute Gasteiger partial charge is 0.462 e. The van der Waals surface area contributed by atoms with Gasteiger partial charge in [0.05, 0.1) is 6.61 Å². The molecule has 0 aliphatic rings. The number of carbonyl (C=O) groups excluding carboxylic acids is 2. The van der Waals surface area contributed by atoms with Crippen LogP contribution in [0.1, 0.15) is 213 Å². The summed E-state index contributed by atoms with van der Waals surface area (Å²) in [7, 11) is -3.19. The Morgan fingerprint density at radius 2 is 0.900 bits per heavy atom. The normalized spacial score (nSPS) is 13.4. The third-order valence-electron chi connectivity index (χ3n) is 9.26. The maximum Gasteiger partial charge on any atom is 0.472 e. The van der Waals surface area contributed by atoms with Gasteiger partial charge in [0.1, 0.15) is 6.61 Å². The average molecular weight is 731 g/mol. The lowest BCUT2D eigenvalue weighted by molar-refractivity contribution is -0.161. The molecule has 0 amide bonds. The molecule has 8 nitrogen and oxygen atoms in total. The fourth-order valence-corrected chi connectivity index (χ4v) is 6.47. The van der Waals surface area contributed by atoms with E-state index in [1.165, 1.54) is 135 Å². The van der Waals surface area contributed by atoms with Gasteiger partial charge in [-0.3, -0.25) is 18.6 Å². The summed E-state index contributed by atoms with van der Waals surface area (Å²) in [5.41, 5.74) is 0. The Hall–Kier alpha value is -1.21. The number of carbonyl (C=O) groups is 2. The second-order valence-electron chi connectivity index (χ2n) is 14.1. The molecule has 0 rings (SSSR count). The minimum atomic E-state index is -4.25. The number of unbranched alkanes of at least 4 members (excludes halogenated alkanes) is 26. The van der Waals surface area contributed by atoms with E-state index in [4.69, 9.17) is 14.0 Å². The summed E-state index contributed by atoms with van der Waals surface area (Å²) >= 11 is 0. The molecule has 0 aliphatic carbocycles. The van der Waals surface area contributed by atoms with E-state index >= 15 is 0 Å². The quantitative estimate of drug-likeness (QED) is 0.0288. The van der Waals surface area contributed by atoms with Gasteiger partial charge in [0, 0.05) is 20.0 Å². The second-order valence-corrected chi connectivity index (χ2v) is 15.7. The molecule has 296 valence electrons. The van der Waals surface area contributed by atoms with Crippen molar-refractivity contribution in [3.63, 3.8) is 0 Å². The molecule has 0 saturated heterocycles. The maximum absolute atomic E-state index is 12.5. The monoisotopic (exact) mass is 731 g/mol. The minimum absolute atomic E-state index is 0.221.